The third-order valence-corrected chi connectivity index (χ3v) is 4.39. The highest BCUT2D eigenvalue weighted by molar-refractivity contribution is 6.30. The summed E-state index contributed by atoms with van der Waals surface area (Å²) in [6.07, 6.45) is 5.54. The number of hydrogen-bond acceptors (Lipinski definition) is 1. The smallest absolute Gasteiger partial charge is 0.318 e. The van der Waals surface area contributed by atoms with Crippen LogP contribution in [-0.4, -0.2) is 24.0 Å². The topological polar surface area (TPSA) is 32.3 Å². The maximum Gasteiger partial charge on any atom is 0.318 e. The quantitative estimate of drug-likeness (QED) is 0.882. The van der Waals surface area contributed by atoms with Gasteiger partial charge in [0, 0.05) is 18.1 Å². The van der Waals surface area contributed by atoms with Crippen molar-refractivity contribution in [2.45, 2.75) is 37.6 Å². The van der Waals surface area contributed by atoms with Crippen LogP contribution in [-0.2, 0) is 5.54 Å². The maximum atomic E-state index is 12.3. The largest absolute Gasteiger partial charge is 0.328 e. The minimum atomic E-state index is -0.140. The minimum absolute atomic E-state index is 0.0900. The van der Waals surface area contributed by atoms with Crippen LogP contribution in [0.4, 0.5) is 4.79 Å². The number of halogens is 1. The molecule has 1 heterocycles. The lowest BCUT2D eigenvalue weighted by Crippen LogP contribution is -2.46. The normalized spacial score (nSPS) is 21.0. The van der Waals surface area contributed by atoms with Gasteiger partial charge in [-0.05, 0) is 49.8 Å². The van der Waals surface area contributed by atoms with Gasteiger partial charge in [-0.2, -0.15) is 0 Å². The fourth-order valence-corrected chi connectivity index (χ4v) is 2.89. The van der Waals surface area contributed by atoms with E-state index in [9.17, 15) is 4.79 Å². The average Bonchev–Trinajstić information content (AvgIpc) is 3.21. The second kappa shape index (κ2) is 5.04. The van der Waals surface area contributed by atoms with Crippen molar-refractivity contribution in [2.24, 2.45) is 0 Å². The van der Waals surface area contributed by atoms with E-state index in [0.717, 1.165) is 43.8 Å². The molecule has 2 amide bonds. The molecule has 2 aliphatic rings. The van der Waals surface area contributed by atoms with E-state index in [1.165, 1.54) is 12.0 Å². The fourth-order valence-electron chi connectivity index (χ4n) is 2.76. The summed E-state index contributed by atoms with van der Waals surface area (Å²) in [5.41, 5.74) is 1.03. The Morgan fingerprint density at radius 2 is 1.74 bits per heavy atom. The van der Waals surface area contributed by atoms with E-state index in [0.29, 0.717) is 0 Å². The number of amides is 2. The summed E-state index contributed by atoms with van der Waals surface area (Å²) in [7, 11) is 0. The van der Waals surface area contributed by atoms with Crippen LogP contribution in [0.25, 0.3) is 0 Å². The van der Waals surface area contributed by atoms with E-state index in [1.807, 2.05) is 29.2 Å². The Hall–Kier alpha value is -1.22. The van der Waals surface area contributed by atoms with E-state index in [-0.39, 0.29) is 11.6 Å². The maximum absolute atomic E-state index is 12.3. The Labute approximate surface area is 118 Å². The molecular weight excluding hydrogens is 260 g/mol. The van der Waals surface area contributed by atoms with E-state index in [4.69, 9.17) is 11.6 Å². The van der Waals surface area contributed by atoms with Gasteiger partial charge in [-0.25, -0.2) is 4.79 Å². The SMILES string of the molecule is O=C(NC1(c2ccc(Cl)cc2)CC1)N1CCCCC1. The van der Waals surface area contributed by atoms with Crippen molar-refractivity contribution in [1.82, 2.24) is 10.2 Å². The van der Waals surface area contributed by atoms with Gasteiger partial charge in [0.05, 0.1) is 5.54 Å². The fraction of sp³-hybridized carbons (Fsp3) is 0.533. The first kappa shape index (κ1) is 12.8. The van der Waals surface area contributed by atoms with Crippen LogP contribution in [0.2, 0.25) is 5.02 Å². The molecule has 3 rings (SSSR count). The lowest BCUT2D eigenvalue weighted by atomic mass is 10.1. The van der Waals surface area contributed by atoms with Gasteiger partial charge >= 0.3 is 6.03 Å². The summed E-state index contributed by atoms with van der Waals surface area (Å²) in [4.78, 5) is 14.2. The predicted molar refractivity (Wildman–Crippen MR) is 76.3 cm³/mol. The van der Waals surface area contributed by atoms with Gasteiger partial charge in [0.2, 0.25) is 0 Å². The highest BCUT2D eigenvalue weighted by atomic mass is 35.5. The number of rotatable bonds is 2. The van der Waals surface area contributed by atoms with Crippen LogP contribution in [0.3, 0.4) is 0 Å². The Morgan fingerprint density at radius 3 is 2.32 bits per heavy atom. The lowest BCUT2D eigenvalue weighted by molar-refractivity contribution is 0.181. The second-order valence-corrected chi connectivity index (χ2v) is 6.00. The molecular formula is C15H19ClN2O. The van der Waals surface area contributed by atoms with Gasteiger partial charge in [0.15, 0.2) is 0 Å². The zero-order valence-corrected chi connectivity index (χ0v) is 11.7. The molecule has 0 spiro atoms. The van der Waals surface area contributed by atoms with Crippen molar-refractivity contribution in [3.8, 4) is 0 Å². The van der Waals surface area contributed by atoms with Gasteiger partial charge < -0.3 is 10.2 Å². The molecule has 2 fully saturated rings. The minimum Gasteiger partial charge on any atom is -0.328 e. The number of benzene rings is 1. The summed E-state index contributed by atoms with van der Waals surface area (Å²) >= 11 is 5.91. The van der Waals surface area contributed by atoms with Crippen molar-refractivity contribution < 1.29 is 4.79 Å². The number of carbonyl (C=O) groups is 1. The number of hydrogen-bond donors (Lipinski definition) is 1. The molecule has 1 aliphatic heterocycles. The monoisotopic (exact) mass is 278 g/mol. The molecule has 1 aliphatic carbocycles. The first-order chi connectivity index (χ1) is 9.20. The highest BCUT2D eigenvalue weighted by Gasteiger charge is 2.46. The lowest BCUT2D eigenvalue weighted by Gasteiger charge is -2.29. The molecule has 1 aromatic rings. The number of piperidine rings is 1. The van der Waals surface area contributed by atoms with Crippen molar-refractivity contribution >= 4 is 17.6 Å². The molecule has 1 saturated carbocycles. The Balaban J connectivity index is 1.68. The molecule has 19 heavy (non-hydrogen) atoms. The van der Waals surface area contributed by atoms with Crippen LogP contribution in [0.15, 0.2) is 24.3 Å². The van der Waals surface area contributed by atoms with Gasteiger partial charge in [0.25, 0.3) is 0 Å². The number of nitrogens with zero attached hydrogens (tertiary/aromatic N) is 1. The first-order valence-corrected chi connectivity index (χ1v) is 7.41. The highest BCUT2D eigenvalue weighted by Crippen LogP contribution is 2.45. The van der Waals surface area contributed by atoms with Crippen molar-refractivity contribution in [3.63, 3.8) is 0 Å². The van der Waals surface area contributed by atoms with Gasteiger partial charge in [-0.15, -0.1) is 0 Å². The zero-order chi connectivity index (χ0) is 13.3. The van der Waals surface area contributed by atoms with Crippen molar-refractivity contribution in [2.75, 3.05) is 13.1 Å². The Bertz CT molecular complexity index is 462. The van der Waals surface area contributed by atoms with Crippen LogP contribution < -0.4 is 5.32 Å². The molecule has 1 saturated heterocycles. The summed E-state index contributed by atoms with van der Waals surface area (Å²) in [5.74, 6) is 0. The van der Waals surface area contributed by atoms with Gasteiger partial charge in [-0.3, -0.25) is 0 Å². The number of nitrogens with one attached hydrogen (secondary N) is 1. The molecule has 3 nitrogen and oxygen atoms in total. The molecule has 102 valence electrons. The average molecular weight is 279 g/mol. The predicted octanol–water partition coefficient (Wildman–Crippen LogP) is 3.52. The summed E-state index contributed by atoms with van der Waals surface area (Å²) in [6.45, 7) is 1.78. The van der Waals surface area contributed by atoms with Gasteiger partial charge in [-0.1, -0.05) is 23.7 Å². The summed E-state index contributed by atoms with van der Waals surface area (Å²) < 4.78 is 0. The molecule has 0 bridgehead atoms. The molecule has 0 radical (unpaired) electrons. The van der Waals surface area contributed by atoms with Crippen LogP contribution in [0, 0.1) is 0 Å². The molecule has 0 unspecified atom stereocenters. The molecule has 4 heteroatoms. The second-order valence-electron chi connectivity index (χ2n) is 5.57. The van der Waals surface area contributed by atoms with E-state index >= 15 is 0 Å². The molecule has 0 atom stereocenters. The standard InChI is InChI=1S/C15H19ClN2O/c16-13-6-4-12(5-7-13)15(8-9-15)17-14(19)18-10-2-1-3-11-18/h4-7H,1-3,8-11H2,(H,17,19). The van der Waals surface area contributed by atoms with E-state index in [2.05, 4.69) is 5.32 Å². The van der Waals surface area contributed by atoms with Crippen LogP contribution >= 0.6 is 11.6 Å². The molecule has 1 N–H and O–H groups in total. The number of urea groups is 1. The Kier molecular flexibility index (Phi) is 3.40. The molecule has 0 aromatic heterocycles. The summed E-state index contributed by atoms with van der Waals surface area (Å²) in [5, 5.41) is 3.95. The van der Waals surface area contributed by atoms with Gasteiger partial charge in [0.1, 0.15) is 0 Å². The molecule has 1 aromatic carbocycles. The summed E-state index contributed by atoms with van der Waals surface area (Å²) in [6, 6.07) is 7.92. The Morgan fingerprint density at radius 1 is 1.11 bits per heavy atom. The van der Waals surface area contributed by atoms with Crippen LogP contribution in [0.5, 0.6) is 0 Å². The number of likely N-dealkylation sites (tertiary alicyclic amines) is 1. The van der Waals surface area contributed by atoms with Crippen molar-refractivity contribution in [3.05, 3.63) is 34.9 Å². The zero-order valence-electron chi connectivity index (χ0n) is 11.0. The van der Waals surface area contributed by atoms with Crippen molar-refractivity contribution in [1.29, 1.82) is 0 Å². The van der Waals surface area contributed by atoms with E-state index in [1.54, 1.807) is 0 Å². The van der Waals surface area contributed by atoms with E-state index < -0.39 is 0 Å². The third-order valence-electron chi connectivity index (χ3n) is 4.14. The third kappa shape index (κ3) is 2.71. The number of carbonyl (C=O) groups excluding carboxylic acids is 1. The van der Waals surface area contributed by atoms with Crippen LogP contribution in [0.1, 0.15) is 37.7 Å². The first-order valence-electron chi connectivity index (χ1n) is 7.03.